The Kier molecular flexibility index (Phi) is 5.97. The summed E-state index contributed by atoms with van der Waals surface area (Å²) >= 11 is 0. The maximum Gasteiger partial charge on any atom is 0.0646 e. The second-order valence-electron chi connectivity index (χ2n) is 2.95. The Labute approximate surface area is 69.8 Å². The first-order valence-electron chi connectivity index (χ1n) is 4.35. The number of hydrogen-bond acceptors (Lipinski definition) is 1. The lowest BCUT2D eigenvalue weighted by Gasteiger charge is -2.05. The third-order valence-electron chi connectivity index (χ3n) is 1.71. The Hall–Kier alpha value is -0.480. The van der Waals surface area contributed by atoms with Crippen LogP contribution in [0.5, 0.6) is 0 Å². The maximum absolute atomic E-state index is 9.07. The second-order valence-corrected chi connectivity index (χ2v) is 2.95. The van der Waals surface area contributed by atoms with Gasteiger partial charge in [0.05, 0.1) is 6.10 Å². The van der Waals surface area contributed by atoms with Gasteiger partial charge in [-0.2, -0.15) is 0 Å². The zero-order chi connectivity index (χ0) is 8.69. The first-order chi connectivity index (χ1) is 5.18. The zero-order valence-corrected chi connectivity index (χ0v) is 7.72. The van der Waals surface area contributed by atoms with Crippen molar-refractivity contribution in [3.8, 4) is 11.8 Å². The molecule has 64 valence electrons. The van der Waals surface area contributed by atoms with Crippen molar-refractivity contribution < 1.29 is 5.11 Å². The molecule has 1 N–H and O–H groups in total. The van der Waals surface area contributed by atoms with Gasteiger partial charge in [0.2, 0.25) is 0 Å². The van der Waals surface area contributed by atoms with Crippen molar-refractivity contribution in [1.29, 1.82) is 0 Å². The highest BCUT2D eigenvalue weighted by atomic mass is 16.3. The molecule has 0 bridgehead atoms. The van der Waals surface area contributed by atoms with Crippen molar-refractivity contribution in [1.82, 2.24) is 0 Å². The van der Waals surface area contributed by atoms with Crippen LogP contribution < -0.4 is 0 Å². The van der Waals surface area contributed by atoms with Crippen molar-refractivity contribution in [2.24, 2.45) is 5.92 Å². The molecule has 0 rings (SSSR count). The minimum atomic E-state index is -0.302. The van der Waals surface area contributed by atoms with Gasteiger partial charge in [-0.3, -0.25) is 0 Å². The van der Waals surface area contributed by atoms with E-state index in [0.717, 1.165) is 6.42 Å². The predicted molar refractivity (Wildman–Crippen MR) is 48.1 cm³/mol. The number of hydrogen-bond donors (Lipinski definition) is 1. The molecule has 0 radical (unpaired) electrons. The van der Waals surface area contributed by atoms with Crippen LogP contribution in [0, 0.1) is 17.8 Å². The topological polar surface area (TPSA) is 20.2 Å². The Balaban J connectivity index is 3.51. The number of rotatable bonds is 3. The quantitative estimate of drug-likeness (QED) is 0.488. The molecule has 0 spiro atoms. The van der Waals surface area contributed by atoms with Gasteiger partial charge in [0, 0.05) is 12.3 Å². The SMILES string of the molecule is CCCCC#C[C@@H](C)[C@H](C)O. The van der Waals surface area contributed by atoms with E-state index in [2.05, 4.69) is 18.8 Å². The van der Waals surface area contributed by atoms with E-state index >= 15 is 0 Å². The van der Waals surface area contributed by atoms with Crippen LogP contribution in [0.4, 0.5) is 0 Å². The van der Waals surface area contributed by atoms with Crippen LogP contribution in [0.15, 0.2) is 0 Å². The van der Waals surface area contributed by atoms with Crippen LogP contribution in [-0.2, 0) is 0 Å². The highest BCUT2D eigenvalue weighted by Gasteiger charge is 2.02. The predicted octanol–water partition coefficient (Wildman–Crippen LogP) is 2.20. The Morgan fingerprint density at radius 2 is 2.00 bits per heavy atom. The smallest absolute Gasteiger partial charge is 0.0646 e. The molecule has 0 aliphatic heterocycles. The van der Waals surface area contributed by atoms with Crippen LogP contribution >= 0.6 is 0 Å². The molecule has 0 heterocycles. The molecule has 0 saturated carbocycles. The van der Waals surface area contributed by atoms with Gasteiger partial charge in [0.25, 0.3) is 0 Å². The lowest BCUT2D eigenvalue weighted by atomic mass is 10.1. The van der Waals surface area contributed by atoms with Gasteiger partial charge in [-0.1, -0.05) is 19.3 Å². The van der Waals surface area contributed by atoms with Crippen LogP contribution in [-0.4, -0.2) is 11.2 Å². The average Bonchev–Trinajstić information content (AvgIpc) is 1.97. The van der Waals surface area contributed by atoms with Crippen LogP contribution in [0.25, 0.3) is 0 Å². The highest BCUT2D eigenvalue weighted by Crippen LogP contribution is 1.99. The van der Waals surface area contributed by atoms with Gasteiger partial charge in [-0.05, 0) is 20.3 Å². The summed E-state index contributed by atoms with van der Waals surface area (Å²) in [7, 11) is 0. The van der Waals surface area contributed by atoms with E-state index in [4.69, 9.17) is 5.11 Å². The number of unbranched alkanes of at least 4 members (excludes halogenated alkanes) is 2. The normalized spacial score (nSPS) is 14.9. The van der Waals surface area contributed by atoms with E-state index in [9.17, 15) is 0 Å². The van der Waals surface area contributed by atoms with Crippen molar-refractivity contribution in [2.75, 3.05) is 0 Å². The second kappa shape index (κ2) is 6.24. The van der Waals surface area contributed by atoms with Gasteiger partial charge in [-0.25, -0.2) is 0 Å². The Morgan fingerprint density at radius 3 is 2.45 bits per heavy atom. The summed E-state index contributed by atoms with van der Waals surface area (Å²) in [6.07, 6.45) is 3.02. The van der Waals surface area contributed by atoms with E-state index in [1.54, 1.807) is 6.92 Å². The molecule has 0 amide bonds. The third kappa shape index (κ3) is 5.94. The molecule has 0 aromatic heterocycles. The first-order valence-corrected chi connectivity index (χ1v) is 4.35. The third-order valence-corrected chi connectivity index (χ3v) is 1.71. The fourth-order valence-corrected chi connectivity index (χ4v) is 0.619. The van der Waals surface area contributed by atoms with E-state index < -0.39 is 0 Å². The first kappa shape index (κ1) is 10.5. The van der Waals surface area contributed by atoms with Crippen molar-refractivity contribution in [3.63, 3.8) is 0 Å². The standard InChI is InChI=1S/C10H18O/c1-4-5-6-7-8-9(2)10(3)11/h9-11H,4-6H2,1-3H3/t9-,10+/m1/s1. The van der Waals surface area contributed by atoms with Crippen LogP contribution in [0.3, 0.4) is 0 Å². The summed E-state index contributed by atoms with van der Waals surface area (Å²) in [4.78, 5) is 0. The molecule has 2 atom stereocenters. The molecule has 0 aliphatic carbocycles. The molecule has 0 aliphatic rings. The largest absolute Gasteiger partial charge is 0.392 e. The van der Waals surface area contributed by atoms with Gasteiger partial charge in [-0.15, -0.1) is 5.92 Å². The fourth-order valence-electron chi connectivity index (χ4n) is 0.619. The van der Waals surface area contributed by atoms with E-state index in [-0.39, 0.29) is 12.0 Å². The highest BCUT2D eigenvalue weighted by molar-refractivity contribution is 5.03. The van der Waals surface area contributed by atoms with Gasteiger partial charge in [0.15, 0.2) is 0 Å². The summed E-state index contributed by atoms with van der Waals surface area (Å²) in [6.45, 7) is 5.88. The molecule has 0 unspecified atom stereocenters. The van der Waals surface area contributed by atoms with E-state index in [1.165, 1.54) is 12.8 Å². The monoisotopic (exact) mass is 154 g/mol. The van der Waals surface area contributed by atoms with Gasteiger partial charge in [0.1, 0.15) is 0 Å². The Morgan fingerprint density at radius 1 is 1.36 bits per heavy atom. The minimum absolute atomic E-state index is 0.117. The molecule has 0 aromatic rings. The zero-order valence-electron chi connectivity index (χ0n) is 7.72. The molecule has 1 nitrogen and oxygen atoms in total. The van der Waals surface area contributed by atoms with Gasteiger partial charge >= 0.3 is 0 Å². The molecule has 0 fully saturated rings. The number of aliphatic hydroxyl groups excluding tert-OH is 1. The molecule has 1 heteroatoms. The molecule has 0 saturated heterocycles. The van der Waals surface area contributed by atoms with Crippen LogP contribution in [0.2, 0.25) is 0 Å². The molecule has 0 aromatic carbocycles. The minimum Gasteiger partial charge on any atom is -0.392 e. The molecular formula is C10H18O. The summed E-state index contributed by atoms with van der Waals surface area (Å²) in [5.74, 6) is 6.19. The van der Waals surface area contributed by atoms with Crippen molar-refractivity contribution in [2.45, 2.75) is 46.1 Å². The molecular weight excluding hydrogens is 136 g/mol. The average molecular weight is 154 g/mol. The van der Waals surface area contributed by atoms with Crippen molar-refractivity contribution >= 4 is 0 Å². The van der Waals surface area contributed by atoms with Crippen molar-refractivity contribution in [3.05, 3.63) is 0 Å². The lowest BCUT2D eigenvalue weighted by Crippen LogP contribution is -2.10. The van der Waals surface area contributed by atoms with Crippen LogP contribution in [0.1, 0.15) is 40.0 Å². The summed E-state index contributed by atoms with van der Waals surface area (Å²) in [6, 6.07) is 0. The summed E-state index contributed by atoms with van der Waals surface area (Å²) in [5, 5.41) is 9.07. The summed E-state index contributed by atoms with van der Waals surface area (Å²) < 4.78 is 0. The fraction of sp³-hybridized carbons (Fsp3) is 0.800. The van der Waals surface area contributed by atoms with E-state index in [1.807, 2.05) is 6.92 Å². The summed E-state index contributed by atoms with van der Waals surface area (Å²) in [5.41, 5.74) is 0. The maximum atomic E-state index is 9.07. The molecule has 11 heavy (non-hydrogen) atoms. The number of aliphatic hydroxyl groups is 1. The van der Waals surface area contributed by atoms with Gasteiger partial charge < -0.3 is 5.11 Å². The lowest BCUT2D eigenvalue weighted by molar-refractivity contribution is 0.161. The Bertz CT molecular complexity index is 139. The van der Waals surface area contributed by atoms with E-state index in [0.29, 0.717) is 0 Å².